The van der Waals surface area contributed by atoms with Crippen LogP contribution in [-0.2, 0) is 9.59 Å². The third-order valence-corrected chi connectivity index (χ3v) is 3.51. The number of hydrogen-bond acceptors (Lipinski definition) is 2. The molecule has 0 saturated heterocycles. The van der Waals surface area contributed by atoms with Gasteiger partial charge in [-0.3, -0.25) is 4.79 Å². The Morgan fingerprint density at radius 3 is 2.22 bits per heavy atom. The molecule has 0 aromatic heterocycles. The second-order valence-corrected chi connectivity index (χ2v) is 4.67. The first-order valence-corrected chi connectivity index (χ1v) is 5.81. The minimum atomic E-state index is -4.62. The molecule has 2 N–H and O–H groups in total. The normalized spacial score (nSPS) is 19.8. The Balaban J connectivity index is 2.67. The van der Waals surface area contributed by atoms with Gasteiger partial charge in [-0.1, -0.05) is 13.3 Å². The molecule has 0 aromatic rings. The Kier molecular flexibility index (Phi) is 4.24. The van der Waals surface area contributed by atoms with E-state index >= 15 is 0 Å². The van der Waals surface area contributed by atoms with Crippen LogP contribution in [-0.4, -0.2) is 29.2 Å². The minimum absolute atomic E-state index is 0.511. The van der Waals surface area contributed by atoms with E-state index in [2.05, 4.69) is 0 Å². The van der Waals surface area contributed by atoms with Crippen molar-refractivity contribution in [2.75, 3.05) is 0 Å². The van der Waals surface area contributed by atoms with E-state index in [1.807, 2.05) is 5.32 Å². The van der Waals surface area contributed by atoms with Crippen LogP contribution in [0.3, 0.4) is 0 Å². The fourth-order valence-electron chi connectivity index (χ4n) is 2.09. The van der Waals surface area contributed by atoms with Gasteiger partial charge in [-0.05, 0) is 19.3 Å². The molecular formula is C11H16F3NO3. The predicted octanol–water partition coefficient (Wildman–Crippen LogP) is 2.09. The Morgan fingerprint density at radius 1 is 1.39 bits per heavy atom. The van der Waals surface area contributed by atoms with Crippen LogP contribution in [0.5, 0.6) is 0 Å². The van der Waals surface area contributed by atoms with Gasteiger partial charge < -0.3 is 10.4 Å². The van der Waals surface area contributed by atoms with E-state index in [9.17, 15) is 22.8 Å². The summed E-state index contributed by atoms with van der Waals surface area (Å²) in [5, 5.41) is 10.7. The van der Waals surface area contributed by atoms with Gasteiger partial charge in [-0.25, -0.2) is 4.79 Å². The zero-order chi connectivity index (χ0) is 14.0. The predicted molar refractivity (Wildman–Crippen MR) is 56.8 cm³/mol. The number of carbonyl (C=O) groups is 2. The number of rotatable bonds is 5. The molecule has 1 rings (SSSR count). The quantitative estimate of drug-likeness (QED) is 0.801. The Morgan fingerprint density at radius 2 is 1.94 bits per heavy atom. The SMILES string of the molecule is CCC1(C(=O)NC(CC(F)(F)F)C(=O)O)CCC1. The van der Waals surface area contributed by atoms with Gasteiger partial charge in [0, 0.05) is 5.41 Å². The average Bonchev–Trinajstić information content (AvgIpc) is 2.13. The molecule has 1 saturated carbocycles. The summed E-state index contributed by atoms with van der Waals surface area (Å²) in [6.07, 6.45) is -3.60. The van der Waals surface area contributed by atoms with Gasteiger partial charge in [0.25, 0.3) is 0 Å². The number of nitrogens with one attached hydrogen (secondary N) is 1. The van der Waals surface area contributed by atoms with Gasteiger partial charge in [0.2, 0.25) is 5.91 Å². The molecule has 1 atom stereocenters. The van der Waals surface area contributed by atoms with Gasteiger partial charge >= 0.3 is 12.1 Å². The second kappa shape index (κ2) is 5.16. The Bertz CT molecular complexity index is 331. The highest BCUT2D eigenvalue weighted by atomic mass is 19.4. The van der Waals surface area contributed by atoms with Crippen molar-refractivity contribution in [1.29, 1.82) is 0 Å². The molecule has 104 valence electrons. The number of aliphatic carboxylic acids is 1. The summed E-state index contributed by atoms with van der Waals surface area (Å²) in [7, 11) is 0. The first-order chi connectivity index (χ1) is 8.20. The minimum Gasteiger partial charge on any atom is -0.480 e. The van der Waals surface area contributed by atoms with Crippen molar-refractivity contribution in [2.24, 2.45) is 5.41 Å². The number of carboxylic acid groups (broad SMARTS) is 1. The third kappa shape index (κ3) is 3.36. The zero-order valence-corrected chi connectivity index (χ0v) is 10.0. The maximum Gasteiger partial charge on any atom is 0.391 e. The van der Waals surface area contributed by atoms with Gasteiger partial charge in [0.05, 0.1) is 6.42 Å². The molecule has 0 radical (unpaired) electrons. The van der Waals surface area contributed by atoms with E-state index in [0.29, 0.717) is 19.3 Å². The van der Waals surface area contributed by atoms with E-state index in [4.69, 9.17) is 5.11 Å². The molecule has 0 aromatic carbocycles. The van der Waals surface area contributed by atoms with E-state index in [-0.39, 0.29) is 0 Å². The largest absolute Gasteiger partial charge is 0.480 e. The highest BCUT2D eigenvalue weighted by Crippen LogP contribution is 2.44. The summed E-state index contributed by atoms with van der Waals surface area (Å²) >= 11 is 0. The molecule has 1 unspecified atom stereocenters. The molecule has 4 nitrogen and oxygen atoms in total. The maximum absolute atomic E-state index is 12.2. The molecule has 1 fully saturated rings. The van der Waals surface area contributed by atoms with Crippen molar-refractivity contribution in [3.05, 3.63) is 0 Å². The van der Waals surface area contributed by atoms with Crippen molar-refractivity contribution in [3.63, 3.8) is 0 Å². The summed E-state index contributed by atoms with van der Waals surface area (Å²) in [5.74, 6) is -2.24. The molecule has 0 spiro atoms. The fraction of sp³-hybridized carbons (Fsp3) is 0.818. The first-order valence-electron chi connectivity index (χ1n) is 5.81. The zero-order valence-electron chi connectivity index (χ0n) is 10.0. The number of amides is 1. The number of hydrogen-bond donors (Lipinski definition) is 2. The van der Waals surface area contributed by atoms with Crippen LogP contribution in [0, 0.1) is 5.41 Å². The highest BCUT2D eigenvalue weighted by molar-refractivity contribution is 5.88. The monoisotopic (exact) mass is 267 g/mol. The molecule has 7 heteroatoms. The number of carbonyl (C=O) groups excluding carboxylic acids is 1. The topological polar surface area (TPSA) is 66.4 Å². The number of alkyl halides is 3. The van der Waals surface area contributed by atoms with Gasteiger partial charge in [-0.2, -0.15) is 13.2 Å². The lowest BCUT2D eigenvalue weighted by Crippen LogP contribution is -2.52. The van der Waals surface area contributed by atoms with Crippen molar-refractivity contribution in [2.45, 2.75) is 51.2 Å². The second-order valence-electron chi connectivity index (χ2n) is 4.67. The standard InChI is InChI=1S/C11H16F3NO3/c1-2-10(4-3-5-10)9(18)15-7(8(16)17)6-11(12,13)14/h7H,2-6H2,1H3,(H,15,18)(H,16,17). The smallest absolute Gasteiger partial charge is 0.391 e. The van der Waals surface area contributed by atoms with Crippen molar-refractivity contribution >= 4 is 11.9 Å². The van der Waals surface area contributed by atoms with Crippen LogP contribution in [0.15, 0.2) is 0 Å². The molecule has 0 aliphatic heterocycles. The lowest BCUT2D eigenvalue weighted by Gasteiger charge is -2.40. The summed E-state index contributed by atoms with van der Waals surface area (Å²) in [6.45, 7) is 1.78. The lowest BCUT2D eigenvalue weighted by atomic mass is 9.66. The fourth-order valence-corrected chi connectivity index (χ4v) is 2.09. The van der Waals surface area contributed by atoms with Gasteiger partial charge in [-0.15, -0.1) is 0 Å². The van der Waals surface area contributed by atoms with Crippen LogP contribution in [0.1, 0.15) is 39.0 Å². The molecule has 0 heterocycles. The van der Waals surface area contributed by atoms with Crippen molar-refractivity contribution < 1.29 is 27.9 Å². The molecule has 1 aliphatic rings. The summed E-state index contributed by atoms with van der Waals surface area (Å²) in [4.78, 5) is 22.6. The summed E-state index contributed by atoms with van der Waals surface area (Å²) in [6, 6.07) is -1.90. The van der Waals surface area contributed by atoms with Gasteiger partial charge in [0.1, 0.15) is 6.04 Å². The van der Waals surface area contributed by atoms with E-state index < -0.39 is 35.9 Å². The third-order valence-electron chi connectivity index (χ3n) is 3.51. The first kappa shape index (κ1) is 14.8. The lowest BCUT2D eigenvalue weighted by molar-refractivity contribution is -0.162. The van der Waals surface area contributed by atoms with Crippen LogP contribution < -0.4 is 5.32 Å². The van der Waals surface area contributed by atoms with Gasteiger partial charge in [0.15, 0.2) is 0 Å². The number of carboxylic acids is 1. The molecular weight excluding hydrogens is 251 g/mol. The molecule has 18 heavy (non-hydrogen) atoms. The highest BCUT2D eigenvalue weighted by Gasteiger charge is 2.45. The van der Waals surface area contributed by atoms with Crippen LogP contribution in [0.25, 0.3) is 0 Å². The van der Waals surface area contributed by atoms with Crippen molar-refractivity contribution in [1.82, 2.24) is 5.32 Å². The Labute approximate surface area is 103 Å². The summed E-state index contributed by atoms with van der Waals surface area (Å²) in [5.41, 5.74) is -0.667. The van der Waals surface area contributed by atoms with Crippen molar-refractivity contribution in [3.8, 4) is 0 Å². The average molecular weight is 267 g/mol. The van der Waals surface area contributed by atoms with E-state index in [1.165, 1.54) is 0 Å². The van der Waals surface area contributed by atoms with Crippen LogP contribution in [0.2, 0.25) is 0 Å². The summed E-state index contributed by atoms with van der Waals surface area (Å²) < 4.78 is 36.5. The van der Waals surface area contributed by atoms with E-state index in [0.717, 1.165) is 6.42 Å². The molecule has 1 amide bonds. The Hall–Kier alpha value is -1.27. The molecule has 0 bridgehead atoms. The maximum atomic E-state index is 12.2. The van der Waals surface area contributed by atoms with E-state index in [1.54, 1.807) is 6.92 Å². The molecule has 1 aliphatic carbocycles. The number of halogens is 3. The van der Waals surface area contributed by atoms with Crippen LogP contribution in [0.4, 0.5) is 13.2 Å². The van der Waals surface area contributed by atoms with Crippen LogP contribution >= 0.6 is 0 Å².